The number of carboxylic acids is 1. The van der Waals surface area contributed by atoms with Crippen LogP contribution >= 0.6 is 11.6 Å². The van der Waals surface area contributed by atoms with Crippen molar-refractivity contribution in [3.8, 4) is 11.5 Å². The van der Waals surface area contributed by atoms with E-state index < -0.39 is 12.1 Å². The zero-order valence-corrected chi connectivity index (χ0v) is 16.9. The highest BCUT2D eigenvalue weighted by atomic mass is 35.5. The lowest BCUT2D eigenvalue weighted by molar-refractivity contribution is -0.136. The van der Waals surface area contributed by atoms with E-state index in [1.165, 1.54) is 0 Å². The predicted octanol–water partition coefficient (Wildman–Crippen LogP) is 3.08. The highest BCUT2D eigenvalue weighted by Gasteiger charge is 2.20. The number of aliphatic carboxylic acids is 1. The molecule has 0 spiro atoms. The van der Waals surface area contributed by atoms with Crippen LogP contribution in [0.15, 0.2) is 42.5 Å². The molecule has 0 saturated carbocycles. The van der Waals surface area contributed by atoms with Gasteiger partial charge in [-0.2, -0.15) is 0 Å². The molecule has 2 atom stereocenters. The molecule has 0 saturated heterocycles. The minimum Gasteiger partial charge on any atom is -0.489 e. The lowest BCUT2D eigenvalue weighted by Crippen LogP contribution is -2.39. The number of rotatable bonds is 10. The van der Waals surface area contributed by atoms with Gasteiger partial charge in [-0.1, -0.05) is 35.9 Å². The molecule has 0 radical (unpaired) electrons. The van der Waals surface area contributed by atoms with Crippen LogP contribution in [0.3, 0.4) is 0 Å². The summed E-state index contributed by atoms with van der Waals surface area (Å²) in [6.07, 6.45) is 1.80. The molecule has 156 valence electrons. The fourth-order valence-electron chi connectivity index (χ4n) is 3.27. The standard InChI is InChI=1S/C22H26ClNO5/c23-19-3-1-2-4-21(19)28-14-17(25)12-24-13-18-8-7-16-11-15(6-10-22(26)27)5-9-20(16)29-18/h1-5,9,11,17-18,24-25H,6-8,10,12-14H2,(H,26,27). The van der Waals surface area contributed by atoms with Gasteiger partial charge in [-0.25, -0.2) is 0 Å². The average molecular weight is 420 g/mol. The molecule has 0 fully saturated rings. The van der Waals surface area contributed by atoms with Gasteiger partial charge in [0.2, 0.25) is 0 Å². The Balaban J connectivity index is 1.39. The zero-order valence-electron chi connectivity index (χ0n) is 16.1. The summed E-state index contributed by atoms with van der Waals surface area (Å²) in [4.78, 5) is 10.7. The van der Waals surface area contributed by atoms with Crippen LogP contribution in [0, 0.1) is 0 Å². The number of carbonyl (C=O) groups is 1. The first-order chi connectivity index (χ1) is 14.0. The number of para-hydroxylation sites is 1. The number of halogens is 1. The number of fused-ring (bicyclic) bond motifs is 1. The summed E-state index contributed by atoms with van der Waals surface area (Å²) < 4.78 is 11.6. The lowest BCUT2D eigenvalue weighted by atomic mass is 9.98. The van der Waals surface area contributed by atoms with Crippen molar-refractivity contribution in [3.05, 3.63) is 58.6 Å². The van der Waals surface area contributed by atoms with Crippen molar-refractivity contribution in [2.24, 2.45) is 0 Å². The zero-order chi connectivity index (χ0) is 20.6. The first-order valence-electron chi connectivity index (χ1n) is 9.77. The van der Waals surface area contributed by atoms with E-state index >= 15 is 0 Å². The van der Waals surface area contributed by atoms with Crippen molar-refractivity contribution < 1.29 is 24.5 Å². The number of aryl methyl sites for hydroxylation is 2. The maximum absolute atomic E-state index is 10.7. The molecule has 2 aromatic carbocycles. The Morgan fingerprint density at radius 2 is 2.14 bits per heavy atom. The Bertz CT molecular complexity index is 829. The van der Waals surface area contributed by atoms with E-state index in [1.54, 1.807) is 12.1 Å². The SMILES string of the molecule is O=C(O)CCc1ccc2c(c1)CCC(CNCC(O)COc1ccccc1Cl)O2. The summed E-state index contributed by atoms with van der Waals surface area (Å²) in [5.41, 5.74) is 2.14. The molecule has 1 aliphatic rings. The van der Waals surface area contributed by atoms with Gasteiger partial charge < -0.3 is 25.0 Å². The van der Waals surface area contributed by atoms with E-state index in [1.807, 2.05) is 30.3 Å². The molecule has 7 heteroatoms. The van der Waals surface area contributed by atoms with Gasteiger partial charge in [0.25, 0.3) is 0 Å². The van der Waals surface area contributed by atoms with Crippen molar-refractivity contribution in [1.82, 2.24) is 5.32 Å². The maximum Gasteiger partial charge on any atom is 0.303 e. The highest BCUT2D eigenvalue weighted by Crippen LogP contribution is 2.29. The average Bonchev–Trinajstić information content (AvgIpc) is 2.71. The van der Waals surface area contributed by atoms with Crippen molar-refractivity contribution in [2.75, 3.05) is 19.7 Å². The molecule has 2 unspecified atom stereocenters. The molecule has 0 amide bonds. The number of ether oxygens (including phenoxy) is 2. The van der Waals surface area contributed by atoms with E-state index in [4.69, 9.17) is 26.2 Å². The molecule has 0 aliphatic carbocycles. The van der Waals surface area contributed by atoms with Crippen molar-refractivity contribution in [1.29, 1.82) is 0 Å². The van der Waals surface area contributed by atoms with Crippen LogP contribution in [0.1, 0.15) is 24.0 Å². The second-order valence-electron chi connectivity index (χ2n) is 7.17. The number of aliphatic hydroxyl groups is 1. The van der Waals surface area contributed by atoms with E-state index in [0.717, 1.165) is 29.7 Å². The number of benzene rings is 2. The maximum atomic E-state index is 10.7. The normalized spacial score (nSPS) is 16.6. The second kappa shape index (κ2) is 10.5. The van der Waals surface area contributed by atoms with E-state index in [2.05, 4.69) is 5.32 Å². The minimum absolute atomic E-state index is 0.0315. The van der Waals surface area contributed by atoms with Gasteiger partial charge in [0.15, 0.2) is 0 Å². The number of aliphatic hydroxyl groups excluding tert-OH is 1. The molecule has 3 N–H and O–H groups in total. The number of hydrogen-bond acceptors (Lipinski definition) is 5. The van der Waals surface area contributed by atoms with E-state index in [9.17, 15) is 9.90 Å². The van der Waals surface area contributed by atoms with Gasteiger partial charge in [0.1, 0.15) is 30.3 Å². The molecular formula is C22H26ClNO5. The quantitative estimate of drug-likeness (QED) is 0.548. The van der Waals surface area contributed by atoms with Crippen LogP contribution in [0.2, 0.25) is 5.02 Å². The predicted molar refractivity (Wildman–Crippen MR) is 111 cm³/mol. The third-order valence-electron chi connectivity index (χ3n) is 4.80. The van der Waals surface area contributed by atoms with Crippen LogP contribution in [-0.4, -0.2) is 48.1 Å². The van der Waals surface area contributed by atoms with Gasteiger partial charge in [-0.15, -0.1) is 0 Å². The fraction of sp³-hybridized carbons (Fsp3) is 0.409. The molecular weight excluding hydrogens is 394 g/mol. The Kier molecular flexibility index (Phi) is 7.75. The summed E-state index contributed by atoms with van der Waals surface area (Å²) in [6, 6.07) is 13.1. The van der Waals surface area contributed by atoms with Crippen LogP contribution in [0.25, 0.3) is 0 Å². The monoisotopic (exact) mass is 419 g/mol. The van der Waals surface area contributed by atoms with Crippen LogP contribution in [-0.2, 0) is 17.6 Å². The molecule has 6 nitrogen and oxygen atoms in total. The van der Waals surface area contributed by atoms with E-state index in [-0.39, 0.29) is 19.1 Å². The Morgan fingerprint density at radius 1 is 1.31 bits per heavy atom. The second-order valence-corrected chi connectivity index (χ2v) is 7.58. The van der Waals surface area contributed by atoms with Crippen molar-refractivity contribution in [2.45, 2.75) is 37.9 Å². The number of hydrogen-bond donors (Lipinski definition) is 3. The first-order valence-corrected chi connectivity index (χ1v) is 10.2. The van der Waals surface area contributed by atoms with Gasteiger partial charge in [-0.3, -0.25) is 4.79 Å². The number of carboxylic acid groups (broad SMARTS) is 1. The third kappa shape index (κ3) is 6.63. The molecule has 0 aromatic heterocycles. The smallest absolute Gasteiger partial charge is 0.303 e. The summed E-state index contributed by atoms with van der Waals surface area (Å²) in [5.74, 6) is 0.623. The van der Waals surface area contributed by atoms with Gasteiger partial charge in [0, 0.05) is 19.5 Å². The Labute approximate surface area is 175 Å². The fourth-order valence-corrected chi connectivity index (χ4v) is 3.46. The van der Waals surface area contributed by atoms with Crippen LogP contribution in [0.4, 0.5) is 0 Å². The molecule has 29 heavy (non-hydrogen) atoms. The van der Waals surface area contributed by atoms with E-state index in [0.29, 0.717) is 30.3 Å². The number of nitrogens with one attached hydrogen (secondary N) is 1. The first kappa shape index (κ1) is 21.4. The Morgan fingerprint density at radius 3 is 2.93 bits per heavy atom. The third-order valence-corrected chi connectivity index (χ3v) is 5.11. The Hall–Kier alpha value is -2.28. The summed E-state index contributed by atoms with van der Waals surface area (Å²) in [5, 5.41) is 22.7. The molecule has 2 aromatic rings. The highest BCUT2D eigenvalue weighted by molar-refractivity contribution is 6.32. The summed E-state index contributed by atoms with van der Waals surface area (Å²) in [7, 11) is 0. The molecule has 1 heterocycles. The topological polar surface area (TPSA) is 88.0 Å². The summed E-state index contributed by atoms with van der Waals surface area (Å²) >= 11 is 6.03. The minimum atomic E-state index is -0.787. The lowest BCUT2D eigenvalue weighted by Gasteiger charge is -2.27. The van der Waals surface area contributed by atoms with Gasteiger partial charge in [-0.05, 0) is 48.6 Å². The molecule has 1 aliphatic heterocycles. The summed E-state index contributed by atoms with van der Waals surface area (Å²) in [6.45, 7) is 1.18. The largest absolute Gasteiger partial charge is 0.489 e. The van der Waals surface area contributed by atoms with Crippen LogP contribution < -0.4 is 14.8 Å². The van der Waals surface area contributed by atoms with Gasteiger partial charge in [0.05, 0.1) is 5.02 Å². The van der Waals surface area contributed by atoms with Crippen LogP contribution in [0.5, 0.6) is 11.5 Å². The molecule has 3 rings (SSSR count). The molecule has 0 bridgehead atoms. The van der Waals surface area contributed by atoms with Crippen molar-refractivity contribution >= 4 is 17.6 Å². The van der Waals surface area contributed by atoms with Crippen molar-refractivity contribution in [3.63, 3.8) is 0 Å². The van der Waals surface area contributed by atoms with Gasteiger partial charge >= 0.3 is 5.97 Å².